The van der Waals surface area contributed by atoms with Crippen molar-refractivity contribution in [3.05, 3.63) is 97.1 Å². The smallest absolute Gasteiger partial charge is 0.164 e. The Balaban J connectivity index is 0.00000256. The van der Waals surface area contributed by atoms with Crippen molar-refractivity contribution >= 4 is 44.1 Å². The molecular weight excluding hydrogens is 677 g/mol. The first kappa shape index (κ1) is 23.8. The first-order valence-electron chi connectivity index (χ1n) is 13.0. The van der Waals surface area contributed by atoms with Crippen molar-refractivity contribution in [2.24, 2.45) is 0 Å². The van der Waals surface area contributed by atoms with Gasteiger partial charge in [-0.2, -0.15) is 0 Å². The fourth-order valence-corrected chi connectivity index (χ4v) is 5.59. The molecule has 41 heavy (non-hydrogen) atoms. The molecule has 5 heterocycles. The summed E-state index contributed by atoms with van der Waals surface area (Å²) in [5, 5.41) is 3.82. The Labute approximate surface area is 248 Å². The molecule has 1 radical (unpaired) electrons. The molecule has 0 aliphatic carbocycles. The Bertz CT molecular complexity index is 2030. The molecule has 9 rings (SSSR count). The van der Waals surface area contributed by atoms with Crippen LogP contribution in [-0.2, 0) is 22.4 Å². The van der Waals surface area contributed by atoms with E-state index in [0.29, 0.717) is 45.9 Å². The predicted octanol–water partition coefficient (Wildman–Crippen LogP) is 6.87. The molecule has 0 atom stereocenters. The third-order valence-electron chi connectivity index (χ3n) is 7.46. The molecule has 0 saturated heterocycles. The molecule has 2 aliphatic heterocycles. The average molecular weight is 696 g/mol. The molecule has 8 nitrogen and oxygen atoms in total. The molecular formula is C32H18N8Ta. The van der Waals surface area contributed by atoms with Crippen LogP contribution in [0.15, 0.2) is 97.1 Å². The van der Waals surface area contributed by atoms with E-state index < -0.39 is 0 Å². The largest absolute Gasteiger partial charge is 0.324 e. The quantitative estimate of drug-likeness (QED) is 0.179. The Hall–Kier alpha value is -5.02. The van der Waals surface area contributed by atoms with Gasteiger partial charge in [-0.25, -0.2) is 29.9 Å². The summed E-state index contributed by atoms with van der Waals surface area (Å²) in [5.41, 5.74) is 6.45. The van der Waals surface area contributed by atoms with E-state index in [9.17, 15) is 0 Å². The van der Waals surface area contributed by atoms with Crippen LogP contribution in [0.25, 0.3) is 89.7 Å². The zero-order valence-corrected chi connectivity index (χ0v) is 24.6. The summed E-state index contributed by atoms with van der Waals surface area (Å²) in [4.78, 5) is 36.8. The van der Waals surface area contributed by atoms with Gasteiger partial charge in [0.2, 0.25) is 0 Å². The van der Waals surface area contributed by atoms with Gasteiger partial charge in [-0.3, -0.25) is 0 Å². The van der Waals surface area contributed by atoms with Crippen LogP contribution in [0.5, 0.6) is 0 Å². The van der Waals surface area contributed by atoms with E-state index >= 15 is 0 Å². The van der Waals surface area contributed by atoms with E-state index in [1.54, 1.807) is 0 Å². The third-order valence-corrected chi connectivity index (χ3v) is 7.46. The standard InChI is InChI=1S/C32H18N8.Ta/c1-2-10-18-17(9-1)25-33-26(18)38-28-21-13-5-6-14-22(21)30(35-28)40-32-24-16-8-7-15-23(24)31(36-32)39-29-20-12-4-3-11-19(20)27(34-29)37-25;/h1-16H,(H2,33,34,35,36,37,38,39,40);. The van der Waals surface area contributed by atoms with Crippen LogP contribution in [0, 0.1) is 0 Å². The molecule has 0 amide bonds. The molecule has 191 valence electrons. The molecule has 7 aromatic rings. The first-order valence-corrected chi connectivity index (χ1v) is 13.0. The molecule has 0 saturated carbocycles. The second kappa shape index (κ2) is 9.00. The topological polar surface area (TPSA) is 109 Å². The van der Waals surface area contributed by atoms with Crippen LogP contribution in [0.1, 0.15) is 0 Å². The van der Waals surface area contributed by atoms with Gasteiger partial charge in [-0.1, -0.05) is 97.1 Å². The SMILES string of the molecule is [Ta].c1ccc2c(c1)-c1nc-2nc2[nH]c(nc3nc(nc4[nH]c(n1)c1ccccc41)-c1ccccc1-3)c1ccccc21. The number of hydrogen-bond acceptors (Lipinski definition) is 6. The van der Waals surface area contributed by atoms with E-state index in [2.05, 4.69) is 9.97 Å². The minimum Gasteiger partial charge on any atom is -0.324 e. The summed E-state index contributed by atoms with van der Waals surface area (Å²) in [6.45, 7) is 0. The molecule has 2 N–H and O–H groups in total. The van der Waals surface area contributed by atoms with Gasteiger partial charge in [-0.15, -0.1) is 0 Å². The molecule has 2 aliphatic rings. The Morgan fingerprint density at radius 1 is 0.317 bits per heavy atom. The van der Waals surface area contributed by atoms with Gasteiger partial charge in [0.15, 0.2) is 23.3 Å². The monoisotopic (exact) mass is 695 g/mol. The van der Waals surface area contributed by atoms with Gasteiger partial charge >= 0.3 is 0 Å². The van der Waals surface area contributed by atoms with Gasteiger partial charge in [0.05, 0.1) is 0 Å². The summed E-state index contributed by atoms with van der Waals surface area (Å²) in [6, 6.07) is 32.2. The minimum atomic E-state index is 0. The summed E-state index contributed by atoms with van der Waals surface area (Å²) < 4.78 is 0. The first-order chi connectivity index (χ1) is 19.8. The molecule has 0 spiro atoms. The Kier molecular flexibility index (Phi) is 5.23. The number of benzene rings is 4. The van der Waals surface area contributed by atoms with Gasteiger partial charge in [0.25, 0.3) is 0 Å². The number of nitrogens with one attached hydrogen (secondary N) is 2. The van der Waals surface area contributed by atoms with Crippen molar-refractivity contribution in [2.45, 2.75) is 0 Å². The summed E-state index contributed by atoms with van der Waals surface area (Å²) in [7, 11) is 0. The van der Waals surface area contributed by atoms with Crippen molar-refractivity contribution in [1.29, 1.82) is 0 Å². The van der Waals surface area contributed by atoms with Crippen LogP contribution < -0.4 is 0 Å². The van der Waals surface area contributed by atoms with Crippen molar-refractivity contribution in [1.82, 2.24) is 39.9 Å². The van der Waals surface area contributed by atoms with Crippen molar-refractivity contribution in [3.8, 4) is 45.6 Å². The van der Waals surface area contributed by atoms with E-state index in [1.807, 2.05) is 97.1 Å². The number of aromatic nitrogens is 8. The van der Waals surface area contributed by atoms with Crippen LogP contribution in [0.2, 0.25) is 0 Å². The van der Waals surface area contributed by atoms with Crippen molar-refractivity contribution in [2.75, 3.05) is 0 Å². The predicted molar refractivity (Wildman–Crippen MR) is 156 cm³/mol. The van der Waals surface area contributed by atoms with Crippen LogP contribution in [0.3, 0.4) is 0 Å². The van der Waals surface area contributed by atoms with Gasteiger partial charge in [0, 0.05) is 66.2 Å². The summed E-state index contributed by atoms with van der Waals surface area (Å²) in [6.07, 6.45) is 0. The number of fused-ring (bicyclic) bond motifs is 20. The number of rotatable bonds is 0. The second-order valence-corrected chi connectivity index (χ2v) is 9.79. The van der Waals surface area contributed by atoms with Crippen molar-refractivity contribution in [3.63, 3.8) is 0 Å². The second-order valence-electron chi connectivity index (χ2n) is 9.79. The number of hydrogen-bond donors (Lipinski definition) is 2. The average Bonchev–Trinajstić information content (AvgIpc) is 3.73. The van der Waals surface area contributed by atoms with Gasteiger partial charge in [-0.05, 0) is 0 Å². The van der Waals surface area contributed by atoms with Crippen LogP contribution in [0.4, 0.5) is 0 Å². The number of aromatic amines is 2. The van der Waals surface area contributed by atoms with E-state index in [0.717, 1.165) is 43.8 Å². The Morgan fingerprint density at radius 2 is 0.561 bits per heavy atom. The maximum absolute atomic E-state index is 5.02. The number of nitrogens with zero attached hydrogens (tertiary/aromatic N) is 6. The molecule has 3 aromatic heterocycles. The maximum atomic E-state index is 5.02. The zero-order chi connectivity index (χ0) is 26.2. The summed E-state index contributed by atoms with van der Waals surface area (Å²) in [5.74, 6) is 2.39. The summed E-state index contributed by atoms with van der Waals surface area (Å²) >= 11 is 0. The zero-order valence-electron chi connectivity index (χ0n) is 21.4. The maximum Gasteiger partial charge on any atom is 0.164 e. The molecule has 0 unspecified atom stereocenters. The third kappa shape index (κ3) is 3.59. The normalized spacial score (nSPS) is 11.7. The molecule has 8 bridgehead atoms. The number of H-pyrrole nitrogens is 2. The van der Waals surface area contributed by atoms with Gasteiger partial charge in [0.1, 0.15) is 22.6 Å². The molecule has 4 aromatic carbocycles. The Morgan fingerprint density at radius 3 is 0.829 bits per heavy atom. The van der Waals surface area contributed by atoms with Gasteiger partial charge < -0.3 is 9.97 Å². The molecule has 9 heteroatoms. The fourth-order valence-electron chi connectivity index (χ4n) is 5.59. The minimum absolute atomic E-state index is 0. The fraction of sp³-hybridized carbons (Fsp3) is 0. The van der Waals surface area contributed by atoms with E-state index in [4.69, 9.17) is 29.9 Å². The van der Waals surface area contributed by atoms with E-state index in [-0.39, 0.29) is 22.4 Å². The van der Waals surface area contributed by atoms with Crippen molar-refractivity contribution < 1.29 is 22.4 Å². The molecule has 0 fully saturated rings. The van der Waals surface area contributed by atoms with Crippen LogP contribution in [-0.4, -0.2) is 39.9 Å². The van der Waals surface area contributed by atoms with Crippen LogP contribution >= 0.6 is 0 Å². The van der Waals surface area contributed by atoms with E-state index in [1.165, 1.54) is 0 Å².